The molecule has 0 aromatic heterocycles. The Morgan fingerprint density at radius 1 is 1.23 bits per heavy atom. The van der Waals surface area contributed by atoms with Gasteiger partial charge in [-0.05, 0) is 24.9 Å². The van der Waals surface area contributed by atoms with Crippen molar-refractivity contribution in [1.29, 1.82) is 0 Å². The summed E-state index contributed by atoms with van der Waals surface area (Å²) in [5.74, 6) is 0.379. The largest absolute Gasteiger partial charge is 0.539 e. The summed E-state index contributed by atoms with van der Waals surface area (Å²) < 4.78 is 5.26. The van der Waals surface area contributed by atoms with E-state index in [-0.39, 0.29) is 62.0 Å². The average Bonchev–Trinajstić information content (AvgIpc) is 2.08. The number of aliphatic hydroxyl groups excluding tert-OH is 1. The third kappa shape index (κ3) is 2.99. The molecular weight excluding hydrogens is 383 g/mol. The molecule has 1 heterocycles. The maximum atomic E-state index is 10.4. The molecule has 73 valence electrons. The van der Waals surface area contributed by atoms with Crippen LogP contribution in [0.25, 0.3) is 0 Å². The number of hydrogen-bond acceptors (Lipinski definition) is 3. The van der Waals surface area contributed by atoms with Gasteiger partial charge in [-0.15, -0.1) is 0 Å². The van der Waals surface area contributed by atoms with Gasteiger partial charge in [0, 0.05) is 44.1 Å². The van der Waals surface area contributed by atoms with Crippen LogP contribution in [0.15, 0.2) is 0 Å². The fourth-order valence-electron chi connectivity index (χ4n) is 1.55. The molecular formula is C9H15AcO3-. The molecule has 13 heavy (non-hydrogen) atoms. The normalized spacial score (nSPS) is 45.1. The van der Waals surface area contributed by atoms with Crippen LogP contribution in [0.2, 0.25) is 0 Å². The zero-order chi connectivity index (χ0) is 9.30. The van der Waals surface area contributed by atoms with Crippen LogP contribution in [0.3, 0.4) is 0 Å². The molecule has 0 aromatic rings. The SMILES string of the molecule is CC1OC([C-]=O)C(O)C(C)C1C.[Ac]. The molecule has 1 N–H and O–H groups in total. The quantitative estimate of drug-likeness (QED) is 0.656. The fraction of sp³-hybridized carbons (Fsp3) is 0.889. The van der Waals surface area contributed by atoms with Crippen LogP contribution in [0.1, 0.15) is 20.8 Å². The minimum Gasteiger partial charge on any atom is -0.539 e. The molecule has 0 aliphatic carbocycles. The maximum Gasteiger partial charge on any atom is 0.0584 e. The van der Waals surface area contributed by atoms with E-state index >= 15 is 0 Å². The number of carbonyl (C=O) groups excluding carboxylic acids is 1. The topological polar surface area (TPSA) is 46.5 Å². The number of aliphatic hydroxyl groups is 1. The molecule has 0 aromatic carbocycles. The summed E-state index contributed by atoms with van der Waals surface area (Å²) in [5.41, 5.74) is 0. The standard InChI is InChI=1S/C9H15O3.Ac/c1-5-6(2)9(11)8(4-10)12-7(5)3;/h5-9,11H,1-3H3;/q-1;. The number of ether oxygens (including phenoxy) is 1. The minimum absolute atomic E-state index is 0. The van der Waals surface area contributed by atoms with E-state index in [1.54, 1.807) is 6.29 Å². The van der Waals surface area contributed by atoms with E-state index in [0.29, 0.717) is 0 Å². The van der Waals surface area contributed by atoms with Gasteiger partial charge in [0.05, 0.1) is 12.2 Å². The molecule has 1 fully saturated rings. The van der Waals surface area contributed by atoms with E-state index in [2.05, 4.69) is 0 Å². The minimum atomic E-state index is -0.758. The molecule has 5 atom stereocenters. The van der Waals surface area contributed by atoms with Crippen molar-refractivity contribution in [1.82, 2.24) is 0 Å². The van der Waals surface area contributed by atoms with E-state index in [9.17, 15) is 9.90 Å². The molecule has 0 bridgehead atoms. The molecule has 0 saturated carbocycles. The Bertz CT molecular complexity index is 174. The second-order valence-corrected chi connectivity index (χ2v) is 3.59. The van der Waals surface area contributed by atoms with E-state index in [1.807, 2.05) is 20.8 Å². The summed E-state index contributed by atoms with van der Waals surface area (Å²) in [7, 11) is 0. The Morgan fingerprint density at radius 2 is 1.77 bits per heavy atom. The van der Waals surface area contributed by atoms with Gasteiger partial charge in [-0.1, -0.05) is 13.8 Å². The summed E-state index contributed by atoms with van der Waals surface area (Å²) in [6.45, 7) is 5.86. The van der Waals surface area contributed by atoms with E-state index in [1.165, 1.54) is 0 Å². The third-order valence-corrected chi connectivity index (χ3v) is 2.90. The number of rotatable bonds is 1. The monoisotopic (exact) mass is 398 g/mol. The van der Waals surface area contributed by atoms with Crippen LogP contribution in [-0.4, -0.2) is 29.7 Å². The van der Waals surface area contributed by atoms with E-state index < -0.39 is 12.2 Å². The summed E-state index contributed by atoms with van der Waals surface area (Å²) in [4.78, 5) is 10.4. The first-order valence-electron chi connectivity index (χ1n) is 4.29. The zero-order valence-electron chi connectivity index (χ0n) is 8.23. The first kappa shape index (κ1) is 14.0. The smallest absolute Gasteiger partial charge is 0.0584 e. The van der Waals surface area contributed by atoms with Gasteiger partial charge < -0.3 is 14.6 Å². The predicted octanol–water partition coefficient (Wildman–Crippen LogP) is 0.516. The molecule has 0 amide bonds. The van der Waals surface area contributed by atoms with Crippen LogP contribution >= 0.6 is 0 Å². The van der Waals surface area contributed by atoms with Gasteiger partial charge in [0.25, 0.3) is 0 Å². The van der Waals surface area contributed by atoms with Crippen LogP contribution in [0, 0.1) is 55.9 Å². The molecule has 1 radical (unpaired) electrons. The van der Waals surface area contributed by atoms with Crippen molar-refractivity contribution in [2.24, 2.45) is 11.8 Å². The van der Waals surface area contributed by atoms with Gasteiger partial charge in [0.15, 0.2) is 0 Å². The van der Waals surface area contributed by atoms with Crippen LogP contribution in [0.4, 0.5) is 0 Å². The van der Waals surface area contributed by atoms with E-state index in [0.717, 1.165) is 0 Å². The molecule has 1 saturated heterocycles. The average molecular weight is 398 g/mol. The summed E-state index contributed by atoms with van der Waals surface area (Å²) in [6, 6.07) is 0. The summed E-state index contributed by atoms with van der Waals surface area (Å²) in [6.07, 6.45) is 0.277. The Hall–Kier alpha value is 1.03. The second-order valence-electron chi connectivity index (χ2n) is 3.59. The molecule has 1 aliphatic heterocycles. The van der Waals surface area contributed by atoms with Gasteiger partial charge in [-0.2, -0.15) is 0 Å². The van der Waals surface area contributed by atoms with Crippen molar-refractivity contribution in [2.45, 2.75) is 39.1 Å². The van der Waals surface area contributed by atoms with Gasteiger partial charge in [-0.25, -0.2) is 6.29 Å². The molecule has 3 nitrogen and oxygen atoms in total. The van der Waals surface area contributed by atoms with Gasteiger partial charge in [-0.3, -0.25) is 0 Å². The zero-order valence-corrected chi connectivity index (χ0v) is 13.0. The predicted molar refractivity (Wildman–Crippen MR) is 44.4 cm³/mol. The van der Waals surface area contributed by atoms with Gasteiger partial charge in [0.2, 0.25) is 0 Å². The van der Waals surface area contributed by atoms with Crippen molar-refractivity contribution in [3.63, 3.8) is 0 Å². The van der Waals surface area contributed by atoms with Crippen molar-refractivity contribution in [3.8, 4) is 0 Å². The Morgan fingerprint density at radius 3 is 2.23 bits per heavy atom. The van der Waals surface area contributed by atoms with E-state index in [4.69, 9.17) is 4.74 Å². The molecule has 5 unspecified atom stereocenters. The first-order valence-corrected chi connectivity index (χ1v) is 4.29. The summed E-state index contributed by atoms with van der Waals surface area (Å²) in [5, 5.41) is 9.54. The van der Waals surface area contributed by atoms with Gasteiger partial charge in [0.1, 0.15) is 0 Å². The Kier molecular flexibility index (Phi) is 6.26. The Balaban J connectivity index is 0.00000144. The van der Waals surface area contributed by atoms with Gasteiger partial charge >= 0.3 is 0 Å². The van der Waals surface area contributed by atoms with Crippen LogP contribution in [0.5, 0.6) is 0 Å². The van der Waals surface area contributed by atoms with Crippen molar-refractivity contribution >= 4 is 6.29 Å². The van der Waals surface area contributed by atoms with Crippen molar-refractivity contribution in [2.75, 3.05) is 0 Å². The fourth-order valence-corrected chi connectivity index (χ4v) is 1.55. The third-order valence-electron chi connectivity index (χ3n) is 2.90. The maximum absolute atomic E-state index is 10.4. The van der Waals surface area contributed by atoms with Crippen LogP contribution < -0.4 is 0 Å². The Labute approximate surface area is 115 Å². The second kappa shape index (κ2) is 5.80. The molecule has 1 rings (SSSR count). The molecule has 0 spiro atoms. The molecule has 1 aliphatic rings. The van der Waals surface area contributed by atoms with Crippen molar-refractivity contribution in [3.05, 3.63) is 0 Å². The van der Waals surface area contributed by atoms with Crippen LogP contribution in [-0.2, 0) is 9.53 Å². The first-order chi connectivity index (χ1) is 5.57. The molecule has 4 heteroatoms. The van der Waals surface area contributed by atoms with Crippen molar-refractivity contribution < 1.29 is 58.7 Å². The summed E-state index contributed by atoms with van der Waals surface area (Å²) >= 11 is 0. The number of hydrogen-bond donors (Lipinski definition) is 1.